The zero-order valence-corrected chi connectivity index (χ0v) is 15.9. The lowest BCUT2D eigenvalue weighted by molar-refractivity contribution is 0.233. The van der Waals surface area contributed by atoms with E-state index in [-0.39, 0.29) is 18.7 Å². The van der Waals surface area contributed by atoms with Crippen LogP contribution >= 0.6 is 0 Å². The van der Waals surface area contributed by atoms with E-state index in [0.29, 0.717) is 0 Å². The molecule has 0 aliphatic rings. The van der Waals surface area contributed by atoms with Gasteiger partial charge in [0.2, 0.25) is 0 Å². The van der Waals surface area contributed by atoms with Gasteiger partial charge in [0.1, 0.15) is 0 Å². The molecule has 0 aromatic heterocycles. The third-order valence-corrected chi connectivity index (χ3v) is 5.21. The predicted molar refractivity (Wildman–Crippen MR) is 106 cm³/mol. The summed E-state index contributed by atoms with van der Waals surface area (Å²) in [5.74, 6) is 0. The lowest BCUT2D eigenvalue weighted by Crippen LogP contribution is -2.29. The summed E-state index contributed by atoms with van der Waals surface area (Å²) < 4.78 is 0. The number of rotatable bonds is 8. The highest BCUT2D eigenvalue weighted by Crippen LogP contribution is 2.23. The average molecular weight is 340 g/mol. The van der Waals surface area contributed by atoms with Crippen molar-refractivity contribution in [3.63, 3.8) is 0 Å². The summed E-state index contributed by atoms with van der Waals surface area (Å²) >= 11 is 0. The molecule has 0 bridgehead atoms. The largest absolute Gasteiger partial charge is 0.394 e. The summed E-state index contributed by atoms with van der Waals surface area (Å²) in [5, 5.41) is 13.5. The van der Waals surface area contributed by atoms with E-state index in [9.17, 15) is 5.11 Å². The van der Waals surface area contributed by atoms with Crippen LogP contribution in [0.3, 0.4) is 0 Å². The van der Waals surface area contributed by atoms with Crippen molar-refractivity contribution in [2.75, 3.05) is 6.61 Å². The monoisotopic (exact) mass is 339 g/mol. The Kier molecular flexibility index (Phi) is 6.97. The van der Waals surface area contributed by atoms with Crippen LogP contribution in [0, 0.1) is 0 Å². The van der Waals surface area contributed by atoms with Crippen molar-refractivity contribution in [2.24, 2.45) is 0 Å². The molecule has 2 rings (SSSR count). The highest BCUT2D eigenvalue weighted by atomic mass is 28.3. The molecule has 0 spiro atoms. The van der Waals surface area contributed by atoms with E-state index in [4.69, 9.17) is 0 Å². The van der Waals surface area contributed by atoms with Crippen LogP contribution in [0.5, 0.6) is 0 Å². The summed E-state index contributed by atoms with van der Waals surface area (Å²) in [5.41, 5.74) is 4.77. The van der Waals surface area contributed by atoms with Gasteiger partial charge in [-0.05, 0) is 17.5 Å². The third kappa shape index (κ3) is 6.08. The average Bonchev–Trinajstić information content (AvgIpc) is 2.58. The second-order valence-electron chi connectivity index (χ2n) is 7.28. The molecule has 0 saturated carbocycles. The molecule has 2 nitrogen and oxygen atoms in total. The molecule has 0 aliphatic carbocycles. The number of hydrogen-bond acceptors (Lipinski definition) is 2. The second-order valence-corrected chi connectivity index (χ2v) is 12.3. The van der Waals surface area contributed by atoms with Crippen molar-refractivity contribution in [1.29, 1.82) is 0 Å². The van der Waals surface area contributed by atoms with Gasteiger partial charge in [-0.2, -0.15) is 0 Å². The fraction of sp³-hybridized carbons (Fsp3) is 0.333. The van der Waals surface area contributed by atoms with Crippen molar-refractivity contribution >= 4 is 8.07 Å². The maximum absolute atomic E-state index is 9.86. The standard InChI is InChI=1S/C21H29NOSi/c1-24(2,3)16-10-15-20(18-11-6-4-7-12-18)22-21(17-23)19-13-8-5-9-14-19/h4-14,16,20-23H,15,17H2,1-3H3/b16-10+/t20-,21+/m1/s1. The van der Waals surface area contributed by atoms with Gasteiger partial charge >= 0.3 is 0 Å². The Bertz CT molecular complexity index is 619. The molecule has 0 amide bonds. The molecule has 3 heteroatoms. The first kappa shape index (κ1) is 18.7. The molecule has 128 valence electrons. The predicted octanol–water partition coefficient (Wildman–Crippen LogP) is 4.87. The third-order valence-electron chi connectivity index (χ3n) is 3.98. The minimum Gasteiger partial charge on any atom is -0.394 e. The molecular weight excluding hydrogens is 310 g/mol. The Morgan fingerprint density at radius 3 is 1.83 bits per heavy atom. The van der Waals surface area contributed by atoms with E-state index in [0.717, 1.165) is 12.0 Å². The van der Waals surface area contributed by atoms with Gasteiger partial charge in [-0.3, -0.25) is 0 Å². The molecule has 0 radical (unpaired) electrons. The molecule has 2 atom stereocenters. The zero-order chi connectivity index (χ0) is 17.4. The highest BCUT2D eigenvalue weighted by molar-refractivity contribution is 6.80. The van der Waals surface area contributed by atoms with Crippen LogP contribution < -0.4 is 5.32 Å². The van der Waals surface area contributed by atoms with Crippen LogP contribution in [0.2, 0.25) is 19.6 Å². The van der Waals surface area contributed by atoms with Crippen LogP contribution in [0.1, 0.15) is 29.6 Å². The maximum atomic E-state index is 9.86. The first-order valence-electron chi connectivity index (χ1n) is 8.64. The van der Waals surface area contributed by atoms with Crippen LogP contribution in [-0.2, 0) is 0 Å². The van der Waals surface area contributed by atoms with Crippen LogP contribution in [0.4, 0.5) is 0 Å². The second kappa shape index (κ2) is 8.97. The van der Waals surface area contributed by atoms with Gasteiger partial charge < -0.3 is 10.4 Å². The molecular formula is C21H29NOSi. The van der Waals surface area contributed by atoms with E-state index in [1.54, 1.807) is 0 Å². The van der Waals surface area contributed by atoms with Crippen molar-refractivity contribution in [3.05, 3.63) is 83.6 Å². The summed E-state index contributed by atoms with van der Waals surface area (Å²) in [6, 6.07) is 20.8. The van der Waals surface area contributed by atoms with E-state index >= 15 is 0 Å². The molecule has 0 fully saturated rings. The Hall–Kier alpha value is -1.68. The van der Waals surface area contributed by atoms with Crippen molar-refractivity contribution in [2.45, 2.75) is 38.1 Å². The maximum Gasteiger partial charge on any atom is 0.0682 e. The van der Waals surface area contributed by atoms with E-state index in [1.807, 2.05) is 24.3 Å². The minimum atomic E-state index is -1.19. The Morgan fingerprint density at radius 1 is 0.875 bits per heavy atom. The van der Waals surface area contributed by atoms with E-state index in [1.165, 1.54) is 5.56 Å². The number of aliphatic hydroxyl groups is 1. The Labute approximate surface area is 147 Å². The lowest BCUT2D eigenvalue weighted by atomic mass is 10.0. The summed E-state index contributed by atoms with van der Waals surface area (Å²) in [7, 11) is -1.19. The lowest BCUT2D eigenvalue weighted by Gasteiger charge is -2.25. The molecule has 2 aromatic carbocycles. The SMILES string of the molecule is C[Si](C)(C)/C=C/C[C@@H](N[C@@H](CO)c1ccccc1)c1ccccc1. The molecule has 0 saturated heterocycles. The van der Waals surface area contributed by atoms with Gasteiger partial charge in [-0.25, -0.2) is 0 Å². The Morgan fingerprint density at radius 2 is 1.38 bits per heavy atom. The van der Waals surface area contributed by atoms with Gasteiger partial charge in [0, 0.05) is 6.04 Å². The summed E-state index contributed by atoms with van der Waals surface area (Å²) in [6.07, 6.45) is 3.23. The molecule has 0 unspecified atom stereocenters. The molecule has 24 heavy (non-hydrogen) atoms. The summed E-state index contributed by atoms with van der Waals surface area (Å²) in [6.45, 7) is 7.12. The van der Waals surface area contributed by atoms with Gasteiger partial charge in [0.15, 0.2) is 0 Å². The summed E-state index contributed by atoms with van der Waals surface area (Å²) in [4.78, 5) is 0. The van der Waals surface area contributed by atoms with Crippen LogP contribution in [0.15, 0.2) is 72.4 Å². The van der Waals surface area contributed by atoms with Gasteiger partial charge in [-0.15, -0.1) is 0 Å². The van der Waals surface area contributed by atoms with Gasteiger partial charge in [0.05, 0.1) is 20.7 Å². The topological polar surface area (TPSA) is 32.3 Å². The van der Waals surface area contributed by atoms with Gasteiger partial charge in [-0.1, -0.05) is 92.1 Å². The molecule has 2 N–H and O–H groups in total. The fourth-order valence-electron chi connectivity index (χ4n) is 2.73. The molecule has 0 heterocycles. The first-order chi connectivity index (χ1) is 11.5. The number of benzene rings is 2. The van der Waals surface area contributed by atoms with Crippen molar-refractivity contribution in [3.8, 4) is 0 Å². The Balaban J connectivity index is 2.17. The quantitative estimate of drug-likeness (QED) is 0.672. The zero-order valence-electron chi connectivity index (χ0n) is 14.9. The van der Waals surface area contributed by atoms with E-state index in [2.05, 4.69) is 73.1 Å². The normalized spacial score (nSPS) is 14.7. The van der Waals surface area contributed by atoms with Crippen LogP contribution in [0.25, 0.3) is 0 Å². The molecule has 0 aliphatic heterocycles. The smallest absolute Gasteiger partial charge is 0.0682 e. The fourth-order valence-corrected chi connectivity index (χ4v) is 3.57. The van der Waals surface area contributed by atoms with E-state index < -0.39 is 8.07 Å². The van der Waals surface area contributed by atoms with Crippen LogP contribution in [-0.4, -0.2) is 19.8 Å². The van der Waals surface area contributed by atoms with Gasteiger partial charge in [0.25, 0.3) is 0 Å². The number of aliphatic hydroxyl groups excluding tert-OH is 1. The number of hydrogen-bond donors (Lipinski definition) is 2. The highest BCUT2D eigenvalue weighted by Gasteiger charge is 2.17. The van der Waals surface area contributed by atoms with Crippen molar-refractivity contribution < 1.29 is 5.11 Å². The number of nitrogens with one attached hydrogen (secondary N) is 1. The first-order valence-corrected chi connectivity index (χ1v) is 12.2. The molecule has 2 aromatic rings. The minimum absolute atomic E-state index is 0.0586. The van der Waals surface area contributed by atoms with Crippen molar-refractivity contribution in [1.82, 2.24) is 5.32 Å².